The predicted molar refractivity (Wildman–Crippen MR) is 68.1 cm³/mol. The highest BCUT2D eigenvalue weighted by atomic mass is 16.5. The van der Waals surface area contributed by atoms with Crippen LogP contribution in [0.1, 0.15) is 25.7 Å². The molecule has 2 N–H and O–H groups in total. The lowest BCUT2D eigenvalue weighted by Crippen LogP contribution is -2.44. The molecule has 1 saturated carbocycles. The van der Waals surface area contributed by atoms with Crippen LogP contribution in [0.3, 0.4) is 0 Å². The molecular weight excluding hydrogens is 216 g/mol. The minimum Gasteiger partial charge on any atom is -0.395 e. The van der Waals surface area contributed by atoms with Crippen LogP contribution < -0.4 is 5.32 Å². The maximum atomic E-state index is 9.34. The fourth-order valence-corrected chi connectivity index (χ4v) is 2.59. The van der Waals surface area contributed by atoms with E-state index < -0.39 is 0 Å². The molecule has 2 fully saturated rings. The maximum absolute atomic E-state index is 9.34. The van der Waals surface area contributed by atoms with Crippen LogP contribution in [0.4, 0.5) is 0 Å². The SMILES string of the molecule is CN(CC1CCCOC1)CC(CO)NC1CC1. The second kappa shape index (κ2) is 6.69. The summed E-state index contributed by atoms with van der Waals surface area (Å²) in [5.74, 6) is 0.675. The number of hydrogen-bond acceptors (Lipinski definition) is 4. The number of nitrogens with zero attached hydrogens (tertiary/aromatic N) is 1. The molecule has 0 spiro atoms. The van der Waals surface area contributed by atoms with Gasteiger partial charge in [-0.05, 0) is 38.6 Å². The molecule has 0 aromatic carbocycles. The van der Waals surface area contributed by atoms with Gasteiger partial charge in [0.05, 0.1) is 13.2 Å². The van der Waals surface area contributed by atoms with Crippen LogP contribution in [0.2, 0.25) is 0 Å². The van der Waals surface area contributed by atoms with Gasteiger partial charge >= 0.3 is 0 Å². The molecule has 0 aromatic rings. The fourth-order valence-electron chi connectivity index (χ4n) is 2.59. The van der Waals surface area contributed by atoms with E-state index in [1.165, 1.54) is 25.7 Å². The van der Waals surface area contributed by atoms with Crippen molar-refractivity contribution in [2.75, 3.05) is 40.0 Å². The van der Waals surface area contributed by atoms with Gasteiger partial charge in [-0.25, -0.2) is 0 Å². The Morgan fingerprint density at radius 3 is 2.82 bits per heavy atom. The van der Waals surface area contributed by atoms with E-state index in [0.29, 0.717) is 12.0 Å². The summed E-state index contributed by atoms with van der Waals surface area (Å²) >= 11 is 0. The molecule has 1 aliphatic heterocycles. The van der Waals surface area contributed by atoms with Crippen molar-refractivity contribution < 1.29 is 9.84 Å². The van der Waals surface area contributed by atoms with Crippen LogP contribution >= 0.6 is 0 Å². The highest BCUT2D eigenvalue weighted by molar-refractivity contribution is 4.85. The first-order valence-corrected chi connectivity index (χ1v) is 6.91. The zero-order valence-electron chi connectivity index (χ0n) is 10.9. The summed E-state index contributed by atoms with van der Waals surface area (Å²) in [6, 6.07) is 0.899. The van der Waals surface area contributed by atoms with Gasteiger partial charge in [0.1, 0.15) is 0 Å². The molecule has 2 atom stereocenters. The van der Waals surface area contributed by atoms with E-state index in [1.54, 1.807) is 0 Å². The first kappa shape index (κ1) is 13.3. The van der Waals surface area contributed by atoms with Gasteiger partial charge in [0.25, 0.3) is 0 Å². The van der Waals surface area contributed by atoms with Gasteiger partial charge in [0.2, 0.25) is 0 Å². The number of ether oxygens (including phenoxy) is 1. The van der Waals surface area contributed by atoms with Crippen molar-refractivity contribution in [3.63, 3.8) is 0 Å². The number of aliphatic hydroxyl groups is 1. The van der Waals surface area contributed by atoms with Crippen molar-refractivity contribution >= 4 is 0 Å². The summed E-state index contributed by atoms with van der Waals surface area (Å²) in [5, 5.41) is 12.8. The highest BCUT2D eigenvalue weighted by Crippen LogP contribution is 2.19. The molecule has 1 heterocycles. The smallest absolute Gasteiger partial charge is 0.0597 e. The van der Waals surface area contributed by atoms with Crippen molar-refractivity contribution in [2.45, 2.75) is 37.8 Å². The fraction of sp³-hybridized carbons (Fsp3) is 1.00. The molecule has 2 aliphatic rings. The van der Waals surface area contributed by atoms with E-state index in [9.17, 15) is 5.11 Å². The normalized spacial score (nSPS) is 27.4. The Balaban J connectivity index is 1.64. The van der Waals surface area contributed by atoms with Gasteiger partial charge < -0.3 is 20.1 Å². The molecule has 0 radical (unpaired) electrons. The Morgan fingerprint density at radius 1 is 1.41 bits per heavy atom. The van der Waals surface area contributed by atoms with Gasteiger partial charge in [0, 0.05) is 31.8 Å². The average Bonchev–Trinajstić information content (AvgIpc) is 3.13. The predicted octanol–water partition coefficient (Wildman–Crippen LogP) is 0.458. The van der Waals surface area contributed by atoms with Gasteiger partial charge in [-0.2, -0.15) is 0 Å². The molecule has 4 heteroatoms. The van der Waals surface area contributed by atoms with Crippen molar-refractivity contribution in [1.82, 2.24) is 10.2 Å². The van der Waals surface area contributed by atoms with E-state index in [2.05, 4.69) is 17.3 Å². The van der Waals surface area contributed by atoms with Gasteiger partial charge in [0.15, 0.2) is 0 Å². The second-order valence-electron chi connectivity index (χ2n) is 5.62. The van der Waals surface area contributed by atoms with Crippen LogP contribution in [0.15, 0.2) is 0 Å². The molecular formula is C13H26N2O2. The third-order valence-corrected chi connectivity index (χ3v) is 3.63. The lowest BCUT2D eigenvalue weighted by Gasteiger charge is -2.29. The lowest BCUT2D eigenvalue weighted by atomic mass is 10.0. The van der Waals surface area contributed by atoms with E-state index in [4.69, 9.17) is 4.74 Å². The Hall–Kier alpha value is -0.160. The van der Waals surface area contributed by atoms with Crippen LogP contribution in [-0.2, 0) is 4.74 Å². The monoisotopic (exact) mass is 242 g/mol. The molecule has 100 valence electrons. The van der Waals surface area contributed by atoms with Crippen LogP contribution in [0.5, 0.6) is 0 Å². The average molecular weight is 242 g/mol. The minimum absolute atomic E-state index is 0.233. The summed E-state index contributed by atoms with van der Waals surface area (Å²) in [4.78, 5) is 2.33. The van der Waals surface area contributed by atoms with Gasteiger partial charge in [-0.1, -0.05) is 0 Å². The minimum atomic E-state index is 0.233. The molecule has 1 saturated heterocycles. The first-order chi connectivity index (χ1) is 8.28. The molecule has 17 heavy (non-hydrogen) atoms. The largest absolute Gasteiger partial charge is 0.395 e. The summed E-state index contributed by atoms with van der Waals surface area (Å²) in [7, 11) is 2.14. The number of rotatable bonds is 7. The van der Waals surface area contributed by atoms with Gasteiger partial charge in [-0.15, -0.1) is 0 Å². The van der Waals surface area contributed by atoms with Gasteiger partial charge in [-0.3, -0.25) is 0 Å². The first-order valence-electron chi connectivity index (χ1n) is 6.91. The van der Waals surface area contributed by atoms with E-state index in [1.807, 2.05) is 0 Å². The Bertz CT molecular complexity index is 215. The Kier molecular flexibility index (Phi) is 5.22. The third-order valence-electron chi connectivity index (χ3n) is 3.63. The van der Waals surface area contributed by atoms with Crippen LogP contribution in [0, 0.1) is 5.92 Å². The van der Waals surface area contributed by atoms with Crippen molar-refractivity contribution in [3.8, 4) is 0 Å². The summed E-state index contributed by atoms with van der Waals surface area (Å²) < 4.78 is 5.50. The standard InChI is InChI=1S/C13H26N2O2/c1-15(7-11-3-2-6-17-10-11)8-13(9-16)14-12-4-5-12/h11-14,16H,2-10H2,1H3. The summed E-state index contributed by atoms with van der Waals surface area (Å²) in [6.45, 7) is 4.10. The van der Waals surface area contributed by atoms with E-state index >= 15 is 0 Å². The molecule has 0 bridgehead atoms. The van der Waals surface area contributed by atoms with Crippen LogP contribution in [0.25, 0.3) is 0 Å². The second-order valence-corrected chi connectivity index (χ2v) is 5.62. The van der Waals surface area contributed by atoms with Crippen molar-refractivity contribution in [1.29, 1.82) is 0 Å². The molecule has 1 aliphatic carbocycles. The van der Waals surface area contributed by atoms with E-state index in [0.717, 1.165) is 26.3 Å². The van der Waals surface area contributed by atoms with E-state index in [-0.39, 0.29) is 12.6 Å². The number of likely N-dealkylation sites (N-methyl/N-ethyl adjacent to an activating group) is 1. The zero-order chi connectivity index (χ0) is 12.1. The highest BCUT2D eigenvalue weighted by Gasteiger charge is 2.25. The quantitative estimate of drug-likeness (QED) is 0.681. The number of hydrogen-bond donors (Lipinski definition) is 2. The number of aliphatic hydroxyl groups excluding tert-OH is 1. The summed E-state index contributed by atoms with van der Waals surface area (Å²) in [5.41, 5.74) is 0. The molecule has 2 unspecified atom stereocenters. The maximum Gasteiger partial charge on any atom is 0.0597 e. The number of nitrogens with one attached hydrogen (secondary N) is 1. The molecule has 0 aromatic heterocycles. The lowest BCUT2D eigenvalue weighted by molar-refractivity contribution is 0.0399. The molecule has 0 amide bonds. The van der Waals surface area contributed by atoms with Crippen molar-refractivity contribution in [3.05, 3.63) is 0 Å². The topological polar surface area (TPSA) is 44.7 Å². The molecule has 2 rings (SSSR count). The Morgan fingerprint density at radius 2 is 2.24 bits per heavy atom. The third kappa shape index (κ3) is 4.92. The summed E-state index contributed by atoms with van der Waals surface area (Å²) in [6.07, 6.45) is 5.03. The molecule has 4 nitrogen and oxygen atoms in total. The van der Waals surface area contributed by atoms with Crippen molar-refractivity contribution in [2.24, 2.45) is 5.92 Å². The zero-order valence-corrected chi connectivity index (χ0v) is 10.9. The van der Waals surface area contributed by atoms with Crippen LogP contribution in [-0.4, -0.2) is 62.0 Å². The Labute approximate surface area is 104 Å².